The number of nitrogens with one attached hydrogen (secondary N) is 1. The van der Waals surface area contributed by atoms with Gasteiger partial charge in [-0.1, -0.05) is 6.92 Å². The van der Waals surface area contributed by atoms with Crippen molar-refractivity contribution >= 4 is 0 Å². The molecular formula is C5H11NO. The number of rotatable bonds is 3. The maximum atomic E-state index is 5.05. The van der Waals surface area contributed by atoms with E-state index in [0.29, 0.717) is 6.10 Å². The second kappa shape index (κ2) is 2.28. The minimum atomic E-state index is 0.542. The van der Waals surface area contributed by atoms with Crippen LogP contribution in [0.2, 0.25) is 0 Å². The molecule has 0 spiro atoms. The molecule has 0 aromatic carbocycles. The van der Waals surface area contributed by atoms with Crippen molar-refractivity contribution in [1.29, 1.82) is 0 Å². The zero-order valence-electron chi connectivity index (χ0n) is 4.61. The smallest absolute Gasteiger partial charge is 0.0792 e. The second-order valence-corrected chi connectivity index (χ2v) is 1.82. The molecule has 1 aliphatic carbocycles. The van der Waals surface area contributed by atoms with E-state index in [4.69, 9.17) is 4.84 Å². The van der Waals surface area contributed by atoms with Gasteiger partial charge in [-0.2, -0.15) is 0 Å². The summed E-state index contributed by atoms with van der Waals surface area (Å²) >= 11 is 0. The summed E-state index contributed by atoms with van der Waals surface area (Å²) in [6.07, 6.45) is 3.03. The molecule has 1 aliphatic rings. The summed E-state index contributed by atoms with van der Waals surface area (Å²) in [7, 11) is 0. The first-order chi connectivity index (χ1) is 3.43. The molecule has 0 aromatic heterocycles. The molecule has 0 radical (unpaired) electrons. The van der Waals surface area contributed by atoms with Crippen LogP contribution in [0.5, 0.6) is 0 Å². The highest BCUT2D eigenvalue weighted by molar-refractivity contribution is 4.71. The van der Waals surface area contributed by atoms with Gasteiger partial charge in [0.1, 0.15) is 0 Å². The molecule has 0 amide bonds. The lowest BCUT2D eigenvalue weighted by Gasteiger charge is -1.96. The second-order valence-electron chi connectivity index (χ2n) is 1.82. The van der Waals surface area contributed by atoms with Gasteiger partial charge in [-0.3, -0.25) is 4.84 Å². The van der Waals surface area contributed by atoms with E-state index in [2.05, 4.69) is 5.48 Å². The van der Waals surface area contributed by atoms with E-state index in [1.807, 2.05) is 6.92 Å². The topological polar surface area (TPSA) is 21.3 Å². The summed E-state index contributed by atoms with van der Waals surface area (Å²) in [5.74, 6) is 0. The van der Waals surface area contributed by atoms with Crippen molar-refractivity contribution in [3.8, 4) is 0 Å². The average molecular weight is 101 g/mol. The molecule has 0 aliphatic heterocycles. The summed E-state index contributed by atoms with van der Waals surface area (Å²) in [4.78, 5) is 5.05. The predicted octanol–water partition coefficient (Wildman–Crippen LogP) is 0.690. The van der Waals surface area contributed by atoms with Crippen molar-refractivity contribution in [2.24, 2.45) is 0 Å². The Hall–Kier alpha value is -0.0800. The first-order valence-corrected chi connectivity index (χ1v) is 2.82. The van der Waals surface area contributed by atoms with Gasteiger partial charge in [0.05, 0.1) is 6.10 Å². The molecule has 7 heavy (non-hydrogen) atoms. The van der Waals surface area contributed by atoms with Gasteiger partial charge in [0.15, 0.2) is 0 Å². The summed E-state index contributed by atoms with van der Waals surface area (Å²) < 4.78 is 0. The Labute approximate surface area is 43.8 Å². The Bertz CT molecular complexity index is 52.0. The van der Waals surface area contributed by atoms with E-state index in [1.165, 1.54) is 12.8 Å². The zero-order chi connectivity index (χ0) is 5.11. The molecule has 1 rings (SSSR count). The average Bonchev–Trinajstić information content (AvgIpc) is 2.42. The van der Waals surface area contributed by atoms with E-state index in [-0.39, 0.29) is 0 Å². The van der Waals surface area contributed by atoms with Crippen LogP contribution in [0.4, 0.5) is 0 Å². The van der Waals surface area contributed by atoms with Crippen LogP contribution in [0.25, 0.3) is 0 Å². The zero-order valence-corrected chi connectivity index (χ0v) is 4.61. The van der Waals surface area contributed by atoms with Crippen molar-refractivity contribution in [3.05, 3.63) is 0 Å². The Kier molecular flexibility index (Phi) is 1.65. The van der Waals surface area contributed by atoms with Gasteiger partial charge in [-0.25, -0.2) is 5.48 Å². The van der Waals surface area contributed by atoms with Crippen molar-refractivity contribution in [2.75, 3.05) is 6.54 Å². The van der Waals surface area contributed by atoms with Crippen LogP contribution in [0.15, 0.2) is 0 Å². The fourth-order valence-corrected chi connectivity index (χ4v) is 0.387. The SMILES string of the molecule is CCNOC1CC1. The van der Waals surface area contributed by atoms with Crippen molar-refractivity contribution in [3.63, 3.8) is 0 Å². The Balaban J connectivity index is 1.80. The van der Waals surface area contributed by atoms with E-state index >= 15 is 0 Å². The van der Waals surface area contributed by atoms with Crippen molar-refractivity contribution in [2.45, 2.75) is 25.9 Å². The van der Waals surface area contributed by atoms with Crippen LogP contribution in [-0.4, -0.2) is 12.6 Å². The first kappa shape index (κ1) is 5.06. The molecule has 1 N–H and O–H groups in total. The van der Waals surface area contributed by atoms with Crippen LogP contribution >= 0.6 is 0 Å². The standard InChI is InChI=1S/C5H11NO/c1-2-6-7-5-3-4-5/h5-6H,2-4H2,1H3. The van der Waals surface area contributed by atoms with Gasteiger partial charge in [0.25, 0.3) is 0 Å². The van der Waals surface area contributed by atoms with Crippen LogP contribution < -0.4 is 5.48 Å². The number of hydrogen-bond donors (Lipinski definition) is 1. The van der Waals surface area contributed by atoms with Crippen LogP contribution in [0.1, 0.15) is 19.8 Å². The highest BCUT2D eigenvalue weighted by Crippen LogP contribution is 2.21. The molecule has 0 bridgehead atoms. The summed E-state index contributed by atoms with van der Waals surface area (Å²) in [5, 5.41) is 0. The monoisotopic (exact) mass is 101 g/mol. The first-order valence-electron chi connectivity index (χ1n) is 2.82. The third-order valence-electron chi connectivity index (χ3n) is 0.919. The predicted molar refractivity (Wildman–Crippen MR) is 27.8 cm³/mol. The Morgan fingerprint density at radius 2 is 2.43 bits per heavy atom. The molecule has 42 valence electrons. The van der Waals surface area contributed by atoms with E-state index in [9.17, 15) is 0 Å². The maximum Gasteiger partial charge on any atom is 0.0792 e. The molecule has 2 nitrogen and oxygen atoms in total. The third-order valence-corrected chi connectivity index (χ3v) is 0.919. The Morgan fingerprint density at radius 1 is 1.71 bits per heavy atom. The van der Waals surface area contributed by atoms with Gasteiger partial charge >= 0.3 is 0 Å². The molecule has 0 saturated heterocycles. The van der Waals surface area contributed by atoms with Gasteiger partial charge in [-0.15, -0.1) is 0 Å². The molecular weight excluding hydrogens is 90.1 g/mol. The summed E-state index contributed by atoms with van der Waals surface area (Å²) in [6, 6.07) is 0. The molecule has 0 heterocycles. The van der Waals surface area contributed by atoms with Crippen molar-refractivity contribution in [1.82, 2.24) is 5.48 Å². The fraction of sp³-hybridized carbons (Fsp3) is 1.00. The van der Waals surface area contributed by atoms with E-state index in [0.717, 1.165) is 6.54 Å². The minimum absolute atomic E-state index is 0.542. The van der Waals surface area contributed by atoms with E-state index < -0.39 is 0 Å². The quantitative estimate of drug-likeness (QED) is 0.528. The van der Waals surface area contributed by atoms with Crippen LogP contribution in [0, 0.1) is 0 Å². The number of hydroxylamine groups is 1. The fourth-order valence-electron chi connectivity index (χ4n) is 0.387. The molecule has 1 fully saturated rings. The lowest BCUT2D eigenvalue weighted by molar-refractivity contribution is 0.0308. The molecule has 0 unspecified atom stereocenters. The maximum absolute atomic E-state index is 5.05. The van der Waals surface area contributed by atoms with E-state index in [1.54, 1.807) is 0 Å². The normalized spacial score (nSPS) is 20.1. The van der Waals surface area contributed by atoms with Gasteiger partial charge in [-0.05, 0) is 12.8 Å². The Morgan fingerprint density at radius 3 is 2.86 bits per heavy atom. The third kappa shape index (κ3) is 1.90. The lowest BCUT2D eigenvalue weighted by Crippen LogP contribution is -2.14. The van der Waals surface area contributed by atoms with Gasteiger partial charge in [0, 0.05) is 6.54 Å². The molecule has 1 saturated carbocycles. The van der Waals surface area contributed by atoms with Gasteiger partial charge < -0.3 is 0 Å². The van der Waals surface area contributed by atoms with Gasteiger partial charge in [0.2, 0.25) is 0 Å². The molecule has 2 heteroatoms. The summed E-state index contributed by atoms with van der Waals surface area (Å²) in [6.45, 7) is 2.94. The molecule has 0 aromatic rings. The molecule has 0 atom stereocenters. The van der Waals surface area contributed by atoms with Crippen molar-refractivity contribution < 1.29 is 4.84 Å². The largest absolute Gasteiger partial charge is 0.299 e. The summed E-state index contributed by atoms with van der Waals surface area (Å²) in [5.41, 5.74) is 2.81. The lowest BCUT2D eigenvalue weighted by atomic mass is 10.8. The highest BCUT2D eigenvalue weighted by atomic mass is 16.7. The minimum Gasteiger partial charge on any atom is -0.299 e. The van der Waals surface area contributed by atoms with Crippen LogP contribution in [-0.2, 0) is 4.84 Å². The van der Waals surface area contributed by atoms with Crippen LogP contribution in [0.3, 0.4) is 0 Å². The number of hydrogen-bond acceptors (Lipinski definition) is 2. The highest BCUT2D eigenvalue weighted by Gasteiger charge is 2.21.